The molecular weight excluding hydrogens is 224 g/mol. The molecule has 1 aliphatic rings. The van der Waals surface area contributed by atoms with Gasteiger partial charge in [0.2, 0.25) is 0 Å². The number of hydrogen-bond acceptors (Lipinski definition) is 3. The maximum atomic E-state index is 6.04. The topological polar surface area (TPSA) is 47.1 Å². The molecule has 0 bridgehead atoms. The van der Waals surface area contributed by atoms with Crippen molar-refractivity contribution in [1.82, 2.24) is 9.78 Å². The summed E-state index contributed by atoms with van der Waals surface area (Å²) < 4.78 is 1.78. The number of aromatic nitrogens is 2. The lowest BCUT2D eigenvalue weighted by Gasteiger charge is -2.25. The van der Waals surface area contributed by atoms with Crippen LogP contribution in [0.15, 0.2) is 36.5 Å². The molecule has 0 saturated carbocycles. The third-order valence-electron chi connectivity index (χ3n) is 3.55. The summed E-state index contributed by atoms with van der Waals surface area (Å²) in [5.41, 5.74) is 8.15. The first kappa shape index (κ1) is 11.1. The summed E-state index contributed by atoms with van der Waals surface area (Å²) in [6.07, 6.45) is 4.23. The van der Waals surface area contributed by atoms with E-state index in [9.17, 15) is 0 Å². The third-order valence-corrected chi connectivity index (χ3v) is 3.55. The highest BCUT2D eigenvalue weighted by atomic mass is 15.4. The Balaban J connectivity index is 1.95. The Morgan fingerprint density at radius 3 is 2.72 bits per heavy atom. The molecule has 2 heterocycles. The largest absolute Gasteiger partial charge is 0.394 e. The molecule has 1 saturated heterocycles. The fraction of sp³-hybridized carbons (Fsp3) is 0.357. The highest BCUT2D eigenvalue weighted by Crippen LogP contribution is 2.37. The van der Waals surface area contributed by atoms with Gasteiger partial charge in [-0.3, -0.25) is 4.68 Å². The van der Waals surface area contributed by atoms with E-state index in [1.165, 1.54) is 18.4 Å². The summed E-state index contributed by atoms with van der Waals surface area (Å²) in [7, 11) is 1.91. The van der Waals surface area contributed by atoms with Crippen LogP contribution in [0.1, 0.15) is 24.4 Å². The normalized spacial score (nSPS) is 19.4. The molecule has 94 valence electrons. The van der Waals surface area contributed by atoms with E-state index in [0.29, 0.717) is 6.04 Å². The number of rotatable bonds is 2. The van der Waals surface area contributed by atoms with Crippen molar-refractivity contribution in [3.05, 3.63) is 42.1 Å². The van der Waals surface area contributed by atoms with Gasteiger partial charge in [0.1, 0.15) is 0 Å². The molecule has 2 aromatic rings. The molecular formula is C14H18N4. The van der Waals surface area contributed by atoms with Gasteiger partial charge in [-0.1, -0.05) is 30.3 Å². The Labute approximate surface area is 107 Å². The number of nitrogen functional groups attached to an aromatic ring is 1. The molecule has 0 amide bonds. The fourth-order valence-corrected chi connectivity index (χ4v) is 2.76. The predicted molar refractivity (Wildman–Crippen MR) is 73.4 cm³/mol. The molecule has 0 aliphatic carbocycles. The van der Waals surface area contributed by atoms with E-state index >= 15 is 0 Å². The molecule has 4 nitrogen and oxygen atoms in total. The van der Waals surface area contributed by atoms with E-state index in [4.69, 9.17) is 5.73 Å². The van der Waals surface area contributed by atoms with Crippen molar-refractivity contribution < 1.29 is 0 Å². The predicted octanol–water partition coefficient (Wildman–Crippen LogP) is 2.34. The van der Waals surface area contributed by atoms with Crippen LogP contribution in [0, 0.1) is 0 Å². The monoisotopic (exact) mass is 242 g/mol. The van der Waals surface area contributed by atoms with Crippen LogP contribution < -0.4 is 10.6 Å². The zero-order valence-electron chi connectivity index (χ0n) is 10.6. The maximum Gasteiger partial charge on any atom is 0.174 e. The Morgan fingerprint density at radius 1 is 1.28 bits per heavy atom. The summed E-state index contributed by atoms with van der Waals surface area (Å²) in [6.45, 7) is 1.03. The van der Waals surface area contributed by atoms with Crippen molar-refractivity contribution in [3.8, 4) is 0 Å². The van der Waals surface area contributed by atoms with Crippen LogP contribution in [-0.4, -0.2) is 16.3 Å². The van der Waals surface area contributed by atoms with Gasteiger partial charge in [-0.05, 0) is 18.4 Å². The number of nitrogens with two attached hydrogens (primary N) is 1. The van der Waals surface area contributed by atoms with Gasteiger partial charge in [0.25, 0.3) is 0 Å². The third kappa shape index (κ3) is 1.83. The van der Waals surface area contributed by atoms with Crippen molar-refractivity contribution in [1.29, 1.82) is 0 Å². The van der Waals surface area contributed by atoms with Gasteiger partial charge < -0.3 is 10.6 Å². The van der Waals surface area contributed by atoms with Crippen LogP contribution in [0.4, 0.5) is 11.5 Å². The second-order valence-corrected chi connectivity index (χ2v) is 4.84. The van der Waals surface area contributed by atoms with Gasteiger partial charge in [-0.25, -0.2) is 0 Å². The summed E-state index contributed by atoms with van der Waals surface area (Å²) in [5, 5.41) is 4.49. The molecule has 1 unspecified atom stereocenters. The SMILES string of the molecule is Cn1cc(N)c(N2CCCC2c2ccccc2)n1. The van der Waals surface area contributed by atoms with Crippen LogP contribution in [-0.2, 0) is 7.05 Å². The maximum absolute atomic E-state index is 6.04. The average molecular weight is 242 g/mol. The van der Waals surface area contributed by atoms with Crippen molar-refractivity contribution >= 4 is 11.5 Å². The van der Waals surface area contributed by atoms with Gasteiger partial charge in [-0.2, -0.15) is 5.10 Å². The minimum Gasteiger partial charge on any atom is -0.394 e. The molecule has 2 N–H and O–H groups in total. The Kier molecular flexibility index (Phi) is 2.70. The first-order valence-electron chi connectivity index (χ1n) is 6.36. The van der Waals surface area contributed by atoms with Crippen LogP contribution in [0.2, 0.25) is 0 Å². The molecule has 3 rings (SSSR count). The minimum atomic E-state index is 0.406. The van der Waals surface area contributed by atoms with Crippen LogP contribution in [0.3, 0.4) is 0 Å². The molecule has 18 heavy (non-hydrogen) atoms. The molecule has 1 aromatic heterocycles. The molecule has 0 spiro atoms. The molecule has 0 radical (unpaired) electrons. The summed E-state index contributed by atoms with van der Waals surface area (Å²) in [5.74, 6) is 0.920. The van der Waals surface area contributed by atoms with Crippen LogP contribution in [0.5, 0.6) is 0 Å². The minimum absolute atomic E-state index is 0.406. The van der Waals surface area contributed by atoms with Crippen LogP contribution in [0.25, 0.3) is 0 Å². The highest BCUT2D eigenvalue weighted by molar-refractivity contribution is 5.63. The molecule has 4 heteroatoms. The number of benzene rings is 1. The Hall–Kier alpha value is -1.97. The van der Waals surface area contributed by atoms with Gasteiger partial charge in [0.05, 0.1) is 11.7 Å². The summed E-state index contributed by atoms with van der Waals surface area (Å²) >= 11 is 0. The van der Waals surface area contributed by atoms with Crippen LogP contribution >= 0.6 is 0 Å². The lowest BCUT2D eigenvalue weighted by atomic mass is 10.0. The van der Waals surface area contributed by atoms with E-state index in [-0.39, 0.29) is 0 Å². The van der Waals surface area contributed by atoms with E-state index in [2.05, 4.69) is 40.3 Å². The summed E-state index contributed by atoms with van der Waals surface area (Å²) in [6, 6.07) is 11.0. The van der Waals surface area contributed by atoms with Crippen molar-refractivity contribution in [2.24, 2.45) is 7.05 Å². The lowest BCUT2D eigenvalue weighted by Crippen LogP contribution is -2.23. The number of hydrogen-bond donors (Lipinski definition) is 1. The number of nitrogens with zero attached hydrogens (tertiary/aromatic N) is 3. The van der Waals surface area contributed by atoms with Gasteiger partial charge in [0.15, 0.2) is 5.82 Å². The Bertz CT molecular complexity index is 532. The molecule has 1 fully saturated rings. The van der Waals surface area contributed by atoms with Gasteiger partial charge in [-0.15, -0.1) is 0 Å². The van der Waals surface area contributed by atoms with E-state index in [0.717, 1.165) is 18.1 Å². The lowest BCUT2D eigenvalue weighted by molar-refractivity contribution is 0.692. The highest BCUT2D eigenvalue weighted by Gasteiger charge is 2.28. The fourth-order valence-electron chi connectivity index (χ4n) is 2.76. The number of anilines is 2. The van der Waals surface area contributed by atoms with E-state index in [1.807, 2.05) is 13.2 Å². The first-order valence-corrected chi connectivity index (χ1v) is 6.36. The van der Waals surface area contributed by atoms with Gasteiger partial charge >= 0.3 is 0 Å². The summed E-state index contributed by atoms with van der Waals surface area (Å²) in [4.78, 5) is 2.32. The quantitative estimate of drug-likeness (QED) is 0.879. The second kappa shape index (κ2) is 4.37. The molecule has 1 atom stereocenters. The van der Waals surface area contributed by atoms with Crippen molar-refractivity contribution in [2.75, 3.05) is 17.2 Å². The smallest absolute Gasteiger partial charge is 0.174 e. The molecule has 1 aliphatic heterocycles. The van der Waals surface area contributed by atoms with Gasteiger partial charge in [0, 0.05) is 19.8 Å². The van der Waals surface area contributed by atoms with Crippen molar-refractivity contribution in [2.45, 2.75) is 18.9 Å². The standard InChI is InChI=1S/C14H18N4/c1-17-10-12(15)14(16-17)18-9-5-8-13(18)11-6-3-2-4-7-11/h2-4,6-7,10,13H,5,8-9,15H2,1H3. The van der Waals surface area contributed by atoms with E-state index < -0.39 is 0 Å². The molecule has 1 aromatic carbocycles. The first-order chi connectivity index (χ1) is 8.75. The zero-order valence-corrected chi connectivity index (χ0v) is 10.6. The number of aryl methyl sites for hydroxylation is 1. The Morgan fingerprint density at radius 2 is 2.06 bits per heavy atom. The van der Waals surface area contributed by atoms with Crippen molar-refractivity contribution in [3.63, 3.8) is 0 Å². The zero-order chi connectivity index (χ0) is 12.5. The van der Waals surface area contributed by atoms with E-state index in [1.54, 1.807) is 4.68 Å². The second-order valence-electron chi connectivity index (χ2n) is 4.84. The average Bonchev–Trinajstić information content (AvgIpc) is 2.96.